The third-order valence-electron chi connectivity index (χ3n) is 4.53. The molecule has 0 saturated carbocycles. The van der Waals surface area contributed by atoms with Gasteiger partial charge in [-0.25, -0.2) is 9.97 Å². The number of amides is 1. The lowest BCUT2D eigenvalue weighted by Crippen LogP contribution is -2.47. The molecular formula is C16H20N6O. The van der Waals surface area contributed by atoms with Crippen molar-refractivity contribution >= 4 is 11.6 Å². The summed E-state index contributed by atoms with van der Waals surface area (Å²) in [6, 6.07) is 0.382. The number of aromatic nitrogens is 4. The van der Waals surface area contributed by atoms with Crippen molar-refractivity contribution in [1.29, 1.82) is 0 Å². The molecule has 0 N–H and O–H groups in total. The number of carbonyl (C=O) groups is 1. The van der Waals surface area contributed by atoms with Gasteiger partial charge in [-0.3, -0.25) is 14.4 Å². The Labute approximate surface area is 134 Å². The van der Waals surface area contributed by atoms with E-state index in [0.717, 1.165) is 49.7 Å². The molecule has 2 aromatic rings. The number of likely N-dealkylation sites (tertiary alicyclic amines) is 1. The Morgan fingerprint density at radius 1 is 1.22 bits per heavy atom. The number of carbonyl (C=O) groups excluding carboxylic acids is 1. The average molecular weight is 312 g/mol. The predicted octanol–water partition coefficient (Wildman–Crippen LogP) is 1.17. The van der Waals surface area contributed by atoms with Gasteiger partial charge in [0.25, 0.3) is 0 Å². The molecule has 2 aromatic heterocycles. The van der Waals surface area contributed by atoms with Gasteiger partial charge in [-0.1, -0.05) is 0 Å². The molecule has 4 rings (SSSR count). The molecule has 0 aliphatic carbocycles. The highest BCUT2D eigenvalue weighted by molar-refractivity contribution is 5.95. The molecular weight excluding hydrogens is 292 g/mol. The first-order valence-electron chi connectivity index (χ1n) is 8.03. The predicted molar refractivity (Wildman–Crippen MR) is 84.9 cm³/mol. The fraction of sp³-hybridized carbons (Fsp3) is 0.500. The van der Waals surface area contributed by atoms with Crippen LogP contribution in [0.3, 0.4) is 0 Å². The topological polar surface area (TPSA) is 67.2 Å². The van der Waals surface area contributed by atoms with Crippen molar-refractivity contribution < 1.29 is 4.79 Å². The molecule has 4 heterocycles. The van der Waals surface area contributed by atoms with Crippen LogP contribution in [0.1, 0.15) is 30.3 Å². The molecule has 2 saturated heterocycles. The van der Waals surface area contributed by atoms with E-state index in [-0.39, 0.29) is 5.91 Å². The lowest BCUT2D eigenvalue weighted by molar-refractivity contribution is -0.117. The Kier molecular flexibility index (Phi) is 3.57. The maximum Gasteiger partial charge on any atom is 0.227 e. The van der Waals surface area contributed by atoms with E-state index in [0.29, 0.717) is 12.5 Å². The van der Waals surface area contributed by atoms with Crippen LogP contribution in [0.2, 0.25) is 0 Å². The molecule has 0 atom stereocenters. The molecule has 1 amide bonds. The molecule has 120 valence electrons. The van der Waals surface area contributed by atoms with Crippen molar-refractivity contribution in [3.05, 3.63) is 36.2 Å². The van der Waals surface area contributed by atoms with Gasteiger partial charge in [0.1, 0.15) is 5.82 Å². The standard InChI is InChI=1S/C16H20N6O/c1-12-17-5-13(6-18-12)8-20-9-15(10-20)22-11-14(7-19-22)21-4-2-3-16(21)23/h5-7,11,15H,2-4,8-10H2,1H3. The number of anilines is 1. The Bertz CT molecular complexity index is 704. The van der Waals surface area contributed by atoms with Gasteiger partial charge in [0, 0.05) is 56.8 Å². The van der Waals surface area contributed by atoms with Gasteiger partial charge in [-0.2, -0.15) is 5.10 Å². The van der Waals surface area contributed by atoms with Crippen LogP contribution < -0.4 is 4.90 Å². The molecule has 0 unspecified atom stereocenters. The molecule has 7 heteroatoms. The van der Waals surface area contributed by atoms with Crippen LogP contribution in [0.5, 0.6) is 0 Å². The van der Waals surface area contributed by atoms with Gasteiger partial charge in [-0.05, 0) is 13.3 Å². The zero-order valence-corrected chi connectivity index (χ0v) is 13.2. The van der Waals surface area contributed by atoms with E-state index in [4.69, 9.17) is 0 Å². The molecule has 2 fully saturated rings. The summed E-state index contributed by atoms with van der Waals surface area (Å²) in [4.78, 5) is 24.4. The van der Waals surface area contributed by atoms with Crippen LogP contribution in [0, 0.1) is 6.92 Å². The number of hydrogen-bond donors (Lipinski definition) is 0. The molecule has 7 nitrogen and oxygen atoms in total. The Morgan fingerprint density at radius 2 is 2.00 bits per heavy atom. The fourth-order valence-electron chi connectivity index (χ4n) is 3.19. The average Bonchev–Trinajstić information content (AvgIpc) is 3.13. The van der Waals surface area contributed by atoms with E-state index in [2.05, 4.69) is 20.0 Å². The van der Waals surface area contributed by atoms with Crippen molar-refractivity contribution in [3.8, 4) is 0 Å². The summed E-state index contributed by atoms with van der Waals surface area (Å²) in [5.41, 5.74) is 2.07. The second kappa shape index (κ2) is 5.73. The van der Waals surface area contributed by atoms with E-state index < -0.39 is 0 Å². The third kappa shape index (κ3) is 2.84. The van der Waals surface area contributed by atoms with Gasteiger partial charge in [0.15, 0.2) is 0 Å². The van der Waals surface area contributed by atoms with E-state index in [9.17, 15) is 4.79 Å². The summed E-state index contributed by atoms with van der Waals surface area (Å²) in [6.45, 7) is 5.50. The molecule has 0 bridgehead atoms. The van der Waals surface area contributed by atoms with Gasteiger partial charge in [0.05, 0.1) is 17.9 Å². The van der Waals surface area contributed by atoms with Gasteiger partial charge < -0.3 is 4.90 Å². The van der Waals surface area contributed by atoms with E-state index in [1.165, 1.54) is 0 Å². The van der Waals surface area contributed by atoms with Gasteiger partial charge >= 0.3 is 0 Å². The fourth-order valence-corrected chi connectivity index (χ4v) is 3.19. The normalized spacial score (nSPS) is 19.3. The zero-order chi connectivity index (χ0) is 15.8. The van der Waals surface area contributed by atoms with Crippen LogP contribution >= 0.6 is 0 Å². The van der Waals surface area contributed by atoms with Gasteiger partial charge in [0.2, 0.25) is 5.91 Å². The quantitative estimate of drug-likeness (QED) is 0.847. The summed E-state index contributed by atoms with van der Waals surface area (Å²) in [5, 5.41) is 4.44. The minimum atomic E-state index is 0.208. The lowest BCUT2D eigenvalue weighted by Gasteiger charge is -2.39. The summed E-state index contributed by atoms with van der Waals surface area (Å²) in [6.07, 6.45) is 9.18. The first kappa shape index (κ1) is 14.3. The summed E-state index contributed by atoms with van der Waals surface area (Å²) < 4.78 is 1.99. The maximum atomic E-state index is 11.8. The van der Waals surface area contributed by atoms with Crippen LogP contribution in [-0.2, 0) is 11.3 Å². The first-order chi connectivity index (χ1) is 11.2. The molecule has 0 spiro atoms. The molecule has 23 heavy (non-hydrogen) atoms. The minimum Gasteiger partial charge on any atom is -0.309 e. The van der Waals surface area contributed by atoms with Crippen LogP contribution in [0.15, 0.2) is 24.8 Å². The van der Waals surface area contributed by atoms with E-state index in [1.54, 1.807) is 6.20 Å². The maximum absolute atomic E-state index is 11.8. The molecule has 2 aliphatic rings. The summed E-state index contributed by atoms with van der Waals surface area (Å²) in [7, 11) is 0. The number of rotatable bonds is 4. The SMILES string of the molecule is Cc1ncc(CN2CC(n3cc(N4CCCC4=O)cn3)C2)cn1. The van der Waals surface area contributed by atoms with Crippen molar-refractivity contribution in [2.24, 2.45) is 0 Å². The van der Waals surface area contributed by atoms with Crippen LogP contribution in [0.4, 0.5) is 5.69 Å². The van der Waals surface area contributed by atoms with Crippen LogP contribution in [0.25, 0.3) is 0 Å². The highest BCUT2D eigenvalue weighted by Crippen LogP contribution is 2.26. The summed E-state index contributed by atoms with van der Waals surface area (Å²) >= 11 is 0. The second-order valence-electron chi connectivity index (χ2n) is 6.31. The minimum absolute atomic E-state index is 0.208. The van der Waals surface area contributed by atoms with E-state index in [1.807, 2.05) is 35.1 Å². The number of aryl methyl sites for hydroxylation is 1. The Balaban J connectivity index is 1.34. The van der Waals surface area contributed by atoms with Crippen molar-refractivity contribution in [2.45, 2.75) is 32.4 Å². The monoisotopic (exact) mass is 312 g/mol. The Hall–Kier alpha value is -2.28. The largest absolute Gasteiger partial charge is 0.309 e. The molecule has 0 aromatic carbocycles. The van der Waals surface area contributed by atoms with Crippen molar-refractivity contribution in [1.82, 2.24) is 24.6 Å². The smallest absolute Gasteiger partial charge is 0.227 e. The van der Waals surface area contributed by atoms with Crippen molar-refractivity contribution in [2.75, 3.05) is 24.5 Å². The summed E-state index contributed by atoms with van der Waals surface area (Å²) in [5.74, 6) is 1.01. The third-order valence-corrected chi connectivity index (χ3v) is 4.53. The highest BCUT2D eigenvalue weighted by atomic mass is 16.2. The highest BCUT2D eigenvalue weighted by Gasteiger charge is 2.30. The van der Waals surface area contributed by atoms with Crippen LogP contribution in [-0.4, -0.2) is 50.2 Å². The van der Waals surface area contributed by atoms with E-state index >= 15 is 0 Å². The second-order valence-corrected chi connectivity index (χ2v) is 6.31. The number of nitrogens with zero attached hydrogens (tertiary/aromatic N) is 6. The van der Waals surface area contributed by atoms with Gasteiger partial charge in [-0.15, -0.1) is 0 Å². The Morgan fingerprint density at radius 3 is 2.70 bits per heavy atom. The molecule has 2 aliphatic heterocycles. The zero-order valence-electron chi connectivity index (χ0n) is 13.2. The lowest BCUT2D eigenvalue weighted by atomic mass is 10.1. The number of hydrogen-bond acceptors (Lipinski definition) is 5. The molecule has 0 radical (unpaired) electrons. The first-order valence-corrected chi connectivity index (χ1v) is 8.03. The van der Waals surface area contributed by atoms with Crippen molar-refractivity contribution in [3.63, 3.8) is 0 Å².